The number of thiophene rings is 1. The molecule has 0 saturated heterocycles. The Hall–Kier alpha value is -6.03. The van der Waals surface area contributed by atoms with Gasteiger partial charge in [-0.1, -0.05) is 140 Å². The zero-order valence-corrected chi connectivity index (χ0v) is 26.9. The van der Waals surface area contributed by atoms with Crippen molar-refractivity contribution in [1.82, 2.24) is 4.98 Å². The number of hydrogen-bond acceptors (Lipinski definition) is 3. The van der Waals surface area contributed by atoms with E-state index in [1.54, 1.807) is 0 Å². The number of pyridine rings is 1. The van der Waals surface area contributed by atoms with Crippen molar-refractivity contribution in [2.45, 2.75) is 0 Å². The molecule has 226 valence electrons. The van der Waals surface area contributed by atoms with Crippen molar-refractivity contribution in [3.8, 4) is 33.4 Å². The van der Waals surface area contributed by atoms with Crippen molar-refractivity contribution >= 4 is 59.3 Å². The van der Waals surface area contributed by atoms with Gasteiger partial charge in [0.15, 0.2) is 0 Å². The van der Waals surface area contributed by atoms with Crippen molar-refractivity contribution in [1.29, 1.82) is 0 Å². The van der Waals surface area contributed by atoms with Crippen molar-refractivity contribution < 1.29 is 0 Å². The van der Waals surface area contributed by atoms with Crippen LogP contribution in [0.3, 0.4) is 0 Å². The molecule has 3 heteroatoms. The third-order valence-corrected chi connectivity index (χ3v) is 10.3. The molecule has 9 aromatic rings. The number of para-hydroxylation sites is 1. The monoisotopic (exact) mass is 630 g/mol. The zero-order chi connectivity index (χ0) is 31.9. The average molecular weight is 631 g/mol. The van der Waals surface area contributed by atoms with Crippen LogP contribution < -0.4 is 4.90 Å². The second-order valence-electron chi connectivity index (χ2n) is 12.0. The van der Waals surface area contributed by atoms with Gasteiger partial charge in [0.25, 0.3) is 0 Å². The van der Waals surface area contributed by atoms with Crippen LogP contribution in [0.25, 0.3) is 64.3 Å². The third kappa shape index (κ3) is 4.93. The van der Waals surface area contributed by atoms with Gasteiger partial charge in [0.1, 0.15) is 0 Å². The molecule has 0 N–H and O–H groups in total. The van der Waals surface area contributed by atoms with Gasteiger partial charge in [0, 0.05) is 50.4 Å². The van der Waals surface area contributed by atoms with Gasteiger partial charge in [-0.05, 0) is 63.4 Å². The molecule has 0 bridgehead atoms. The molecule has 2 heterocycles. The van der Waals surface area contributed by atoms with Gasteiger partial charge in [-0.2, -0.15) is 0 Å². The van der Waals surface area contributed by atoms with Gasteiger partial charge in [0.2, 0.25) is 0 Å². The van der Waals surface area contributed by atoms with Gasteiger partial charge >= 0.3 is 0 Å². The summed E-state index contributed by atoms with van der Waals surface area (Å²) in [4.78, 5) is 7.06. The Bertz CT molecular complexity index is 2540. The van der Waals surface area contributed by atoms with Crippen LogP contribution in [0, 0.1) is 0 Å². The Balaban J connectivity index is 1.18. The SMILES string of the molecule is c1ccc(-c2ccc(N(c3ccc(-c4cncc5sc6c7ccccc7ccc6c45)cc3)c3ccccc3-c3ccccc3)cc2)cc1. The molecule has 7 aromatic carbocycles. The Kier molecular flexibility index (Phi) is 7.03. The van der Waals surface area contributed by atoms with Crippen LogP contribution in [0.15, 0.2) is 182 Å². The van der Waals surface area contributed by atoms with E-state index in [2.05, 4.69) is 175 Å². The largest absolute Gasteiger partial charge is 0.310 e. The Morgan fingerprint density at radius 1 is 0.417 bits per heavy atom. The highest BCUT2D eigenvalue weighted by molar-refractivity contribution is 7.26. The fourth-order valence-corrected chi connectivity index (χ4v) is 8.09. The van der Waals surface area contributed by atoms with Crippen molar-refractivity contribution in [3.63, 3.8) is 0 Å². The van der Waals surface area contributed by atoms with Crippen LogP contribution in [-0.2, 0) is 0 Å². The Morgan fingerprint density at radius 3 is 1.75 bits per heavy atom. The highest BCUT2D eigenvalue weighted by Gasteiger charge is 2.18. The van der Waals surface area contributed by atoms with Crippen molar-refractivity contribution in [2.24, 2.45) is 0 Å². The highest BCUT2D eigenvalue weighted by Crippen LogP contribution is 2.44. The van der Waals surface area contributed by atoms with E-state index in [-0.39, 0.29) is 0 Å². The molecule has 48 heavy (non-hydrogen) atoms. The molecule has 0 fully saturated rings. The maximum atomic E-state index is 4.70. The van der Waals surface area contributed by atoms with Crippen LogP contribution >= 0.6 is 11.3 Å². The van der Waals surface area contributed by atoms with Gasteiger partial charge in [-0.3, -0.25) is 4.98 Å². The summed E-state index contributed by atoms with van der Waals surface area (Å²) in [6, 6.07) is 60.9. The van der Waals surface area contributed by atoms with Gasteiger partial charge in [-0.15, -0.1) is 11.3 Å². The molecular formula is C45H30N2S. The van der Waals surface area contributed by atoms with Crippen LogP contribution in [0.2, 0.25) is 0 Å². The molecule has 0 atom stereocenters. The molecule has 0 amide bonds. The van der Waals surface area contributed by atoms with Crippen molar-refractivity contribution in [2.75, 3.05) is 4.90 Å². The van der Waals surface area contributed by atoms with E-state index in [1.807, 2.05) is 23.7 Å². The summed E-state index contributed by atoms with van der Waals surface area (Å²) in [6.07, 6.45) is 4.03. The molecule has 0 unspecified atom stereocenters. The lowest BCUT2D eigenvalue weighted by atomic mass is 9.99. The van der Waals surface area contributed by atoms with Crippen LogP contribution in [0.1, 0.15) is 0 Å². The topological polar surface area (TPSA) is 16.1 Å². The maximum Gasteiger partial charge on any atom is 0.0545 e. The fraction of sp³-hybridized carbons (Fsp3) is 0. The number of rotatable bonds is 6. The quantitative estimate of drug-likeness (QED) is 0.182. The molecule has 2 aromatic heterocycles. The van der Waals surface area contributed by atoms with Gasteiger partial charge in [0.05, 0.1) is 10.4 Å². The molecule has 2 nitrogen and oxygen atoms in total. The van der Waals surface area contributed by atoms with Crippen LogP contribution in [0.5, 0.6) is 0 Å². The fourth-order valence-electron chi connectivity index (χ4n) is 6.86. The number of fused-ring (bicyclic) bond motifs is 5. The first-order valence-electron chi connectivity index (χ1n) is 16.2. The summed E-state index contributed by atoms with van der Waals surface area (Å²) >= 11 is 1.83. The summed E-state index contributed by atoms with van der Waals surface area (Å²) in [5, 5.41) is 5.12. The standard InChI is InChI=1S/C45H30N2S/c1-3-11-31(12-4-1)32-19-24-36(25-20-32)47(42-18-10-9-16-38(42)33-13-5-2-6-14-33)37-26-21-35(22-27-37)41-29-46-30-43-44(41)40-28-23-34-15-7-8-17-39(34)45(40)48-43/h1-30H. The van der Waals surface area contributed by atoms with Crippen molar-refractivity contribution in [3.05, 3.63) is 182 Å². The molecule has 0 aliphatic carbocycles. The molecule has 0 aliphatic heterocycles. The van der Waals surface area contributed by atoms with E-state index in [0.717, 1.165) is 28.2 Å². The lowest BCUT2D eigenvalue weighted by Crippen LogP contribution is -2.11. The van der Waals surface area contributed by atoms with Gasteiger partial charge < -0.3 is 4.90 Å². The van der Waals surface area contributed by atoms with E-state index in [9.17, 15) is 0 Å². The summed E-state index contributed by atoms with van der Waals surface area (Å²) in [5.41, 5.74) is 10.4. The minimum atomic E-state index is 1.09. The van der Waals surface area contributed by atoms with Crippen LogP contribution in [0.4, 0.5) is 17.1 Å². The van der Waals surface area contributed by atoms with Gasteiger partial charge in [-0.25, -0.2) is 0 Å². The minimum Gasteiger partial charge on any atom is -0.310 e. The first kappa shape index (κ1) is 28.2. The van der Waals surface area contributed by atoms with E-state index in [1.165, 1.54) is 53.2 Å². The smallest absolute Gasteiger partial charge is 0.0545 e. The molecule has 0 spiro atoms. The number of nitrogens with zero attached hydrogens (tertiary/aromatic N) is 2. The predicted molar refractivity (Wildman–Crippen MR) is 206 cm³/mol. The second-order valence-corrected chi connectivity index (χ2v) is 13.1. The first-order valence-corrected chi connectivity index (χ1v) is 17.0. The average Bonchev–Trinajstić information content (AvgIpc) is 3.56. The first-order chi connectivity index (χ1) is 23.8. The minimum absolute atomic E-state index is 1.09. The molecule has 0 radical (unpaired) electrons. The lowest BCUT2D eigenvalue weighted by Gasteiger charge is -2.28. The predicted octanol–water partition coefficient (Wildman–Crippen LogP) is 13.1. The highest BCUT2D eigenvalue weighted by atomic mass is 32.1. The van der Waals surface area contributed by atoms with E-state index >= 15 is 0 Å². The zero-order valence-electron chi connectivity index (χ0n) is 26.1. The normalized spacial score (nSPS) is 11.3. The summed E-state index contributed by atoms with van der Waals surface area (Å²) in [7, 11) is 0. The number of hydrogen-bond donors (Lipinski definition) is 0. The number of benzene rings is 7. The van der Waals surface area contributed by atoms with E-state index < -0.39 is 0 Å². The van der Waals surface area contributed by atoms with E-state index in [4.69, 9.17) is 4.98 Å². The molecule has 0 aliphatic rings. The second kappa shape index (κ2) is 12.0. The molecule has 9 rings (SSSR count). The number of aromatic nitrogens is 1. The third-order valence-electron chi connectivity index (χ3n) is 9.17. The summed E-state index contributed by atoms with van der Waals surface area (Å²) in [6.45, 7) is 0. The number of anilines is 3. The maximum absolute atomic E-state index is 4.70. The Labute approximate surface area is 283 Å². The van der Waals surface area contributed by atoms with E-state index in [0.29, 0.717) is 0 Å². The summed E-state index contributed by atoms with van der Waals surface area (Å²) < 4.78 is 2.52. The Morgan fingerprint density at radius 2 is 1.00 bits per heavy atom. The van der Waals surface area contributed by atoms with Crippen LogP contribution in [-0.4, -0.2) is 4.98 Å². The molecular weight excluding hydrogens is 601 g/mol. The lowest BCUT2D eigenvalue weighted by molar-refractivity contribution is 1.28. The summed E-state index contributed by atoms with van der Waals surface area (Å²) in [5.74, 6) is 0. The molecule has 0 saturated carbocycles.